The van der Waals surface area contributed by atoms with E-state index in [-0.39, 0.29) is 17.9 Å². The molecule has 0 aliphatic heterocycles. The number of carbonyl (C=O) groups excluding carboxylic acids is 1. The first kappa shape index (κ1) is 15.7. The Balaban J connectivity index is 1.67. The predicted octanol–water partition coefficient (Wildman–Crippen LogP) is 2.28. The molecule has 3 rings (SSSR count). The largest absolute Gasteiger partial charge is 0.393 e. The maximum Gasteiger partial charge on any atom is 0.257 e. The van der Waals surface area contributed by atoms with Crippen molar-refractivity contribution in [3.8, 4) is 11.5 Å². The van der Waals surface area contributed by atoms with E-state index in [1.54, 1.807) is 43.1 Å². The van der Waals surface area contributed by atoms with Crippen molar-refractivity contribution in [2.75, 3.05) is 13.6 Å². The molecule has 1 aliphatic carbocycles. The van der Waals surface area contributed by atoms with E-state index in [0.717, 1.165) is 24.8 Å². The van der Waals surface area contributed by atoms with E-state index in [9.17, 15) is 9.90 Å². The van der Waals surface area contributed by atoms with Gasteiger partial charge in [-0.1, -0.05) is 11.6 Å². The highest BCUT2D eigenvalue weighted by Crippen LogP contribution is 2.26. The quantitative estimate of drug-likeness (QED) is 0.936. The zero-order valence-corrected chi connectivity index (χ0v) is 13.4. The van der Waals surface area contributed by atoms with Crippen LogP contribution in [-0.4, -0.2) is 45.8 Å². The van der Waals surface area contributed by atoms with Crippen LogP contribution in [0.1, 0.15) is 35.4 Å². The van der Waals surface area contributed by atoms with Gasteiger partial charge in [0.25, 0.3) is 11.8 Å². The lowest BCUT2D eigenvalue weighted by molar-refractivity contribution is 0.0693. The van der Waals surface area contributed by atoms with Crippen molar-refractivity contribution in [1.29, 1.82) is 0 Å². The molecule has 1 amide bonds. The third-order valence-electron chi connectivity index (χ3n) is 4.38. The zero-order valence-electron chi connectivity index (χ0n) is 13.4. The van der Waals surface area contributed by atoms with Crippen molar-refractivity contribution in [1.82, 2.24) is 15.0 Å². The molecule has 6 nitrogen and oxygen atoms in total. The number of amides is 1. The van der Waals surface area contributed by atoms with E-state index in [0.29, 0.717) is 23.8 Å². The van der Waals surface area contributed by atoms with Crippen molar-refractivity contribution < 1.29 is 14.4 Å². The van der Waals surface area contributed by atoms with Crippen LogP contribution in [0.5, 0.6) is 0 Å². The third kappa shape index (κ3) is 3.42. The number of hydrogen-bond acceptors (Lipinski definition) is 5. The molecule has 1 aromatic heterocycles. The lowest BCUT2D eigenvalue weighted by Crippen LogP contribution is -2.34. The summed E-state index contributed by atoms with van der Waals surface area (Å²) in [5, 5.41) is 13.7. The summed E-state index contributed by atoms with van der Waals surface area (Å²) >= 11 is 0. The van der Waals surface area contributed by atoms with E-state index >= 15 is 0 Å². The van der Waals surface area contributed by atoms with Crippen LogP contribution in [0.25, 0.3) is 11.5 Å². The van der Waals surface area contributed by atoms with Crippen LogP contribution >= 0.6 is 0 Å². The normalized spacial score (nSPS) is 20.7. The number of carbonyl (C=O) groups is 1. The lowest BCUT2D eigenvalue weighted by atomic mass is 10.0. The molecule has 0 saturated heterocycles. The molecule has 1 N–H and O–H groups in total. The van der Waals surface area contributed by atoms with Crippen molar-refractivity contribution in [2.45, 2.75) is 32.3 Å². The highest BCUT2D eigenvalue weighted by Gasteiger charge is 2.27. The number of hydrogen-bond donors (Lipinski definition) is 1. The molecule has 2 unspecified atom stereocenters. The SMILES string of the molecule is Cc1noc(-c2ccc(C(=O)N(C)CC3CCCC3O)cc2)n1. The van der Waals surface area contributed by atoms with Gasteiger partial charge in [0.15, 0.2) is 5.82 Å². The van der Waals surface area contributed by atoms with Crippen LogP contribution in [0.2, 0.25) is 0 Å². The fourth-order valence-electron chi connectivity index (χ4n) is 3.05. The summed E-state index contributed by atoms with van der Waals surface area (Å²) in [6.45, 7) is 2.35. The van der Waals surface area contributed by atoms with Crippen LogP contribution < -0.4 is 0 Å². The van der Waals surface area contributed by atoms with E-state index in [4.69, 9.17) is 4.52 Å². The Bertz CT molecular complexity index is 681. The highest BCUT2D eigenvalue weighted by atomic mass is 16.5. The van der Waals surface area contributed by atoms with E-state index < -0.39 is 0 Å². The second kappa shape index (κ2) is 6.50. The number of aliphatic hydroxyl groups is 1. The summed E-state index contributed by atoms with van der Waals surface area (Å²) in [6, 6.07) is 7.13. The average molecular weight is 315 g/mol. The van der Waals surface area contributed by atoms with Gasteiger partial charge in [-0.2, -0.15) is 4.98 Å². The van der Waals surface area contributed by atoms with Crippen molar-refractivity contribution >= 4 is 5.91 Å². The monoisotopic (exact) mass is 315 g/mol. The number of benzene rings is 1. The Morgan fingerprint density at radius 1 is 1.35 bits per heavy atom. The molecule has 1 aromatic carbocycles. The minimum absolute atomic E-state index is 0.0441. The summed E-state index contributed by atoms with van der Waals surface area (Å²) < 4.78 is 5.11. The summed E-state index contributed by atoms with van der Waals surface area (Å²) in [5.41, 5.74) is 1.40. The highest BCUT2D eigenvalue weighted by molar-refractivity contribution is 5.94. The Hall–Kier alpha value is -2.21. The fourth-order valence-corrected chi connectivity index (χ4v) is 3.05. The van der Waals surface area contributed by atoms with Crippen LogP contribution in [0.15, 0.2) is 28.8 Å². The van der Waals surface area contributed by atoms with Gasteiger partial charge in [-0.3, -0.25) is 4.79 Å². The van der Waals surface area contributed by atoms with Gasteiger partial charge < -0.3 is 14.5 Å². The van der Waals surface area contributed by atoms with Gasteiger partial charge in [-0.05, 0) is 44.0 Å². The summed E-state index contributed by atoms with van der Waals surface area (Å²) in [4.78, 5) is 18.3. The van der Waals surface area contributed by atoms with Gasteiger partial charge in [-0.15, -0.1) is 0 Å². The topological polar surface area (TPSA) is 79.5 Å². The van der Waals surface area contributed by atoms with Gasteiger partial charge in [0.2, 0.25) is 0 Å². The van der Waals surface area contributed by atoms with E-state index in [1.165, 1.54) is 0 Å². The average Bonchev–Trinajstić information content (AvgIpc) is 3.16. The summed E-state index contributed by atoms with van der Waals surface area (Å²) in [5.74, 6) is 1.17. The second-order valence-electron chi connectivity index (χ2n) is 6.17. The molecule has 23 heavy (non-hydrogen) atoms. The van der Waals surface area contributed by atoms with Crippen molar-refractivity contribution in [3.63, 3.8) is 0 Å². The standard InChI is InChI=1S/C17H21N3O3/c1-11-18-16(23-19-11)12-6-8-13(9-7-12)17(22)20(2)10-14-4-3-5-15(14)21/h6-9,14-15,21H,3-5,10H2,1-2H3. The van der Waals surface area contributed by atoms with Crippen LogP contribution in [0.3, 0.4) is 0 Å². The molecule has 122 valence electrons. The van der Waals surface area contributed by atoms with Gasteiger partial charge in [0.05, 0.1) is 6.10 Å². The molecule has 0 bridgehead atoms. The molecular weight excluding hydrogens is 294 g/mol. The van der Waals surface area contributed by atoms with Gasteiger partial charge in [-0.25, -0.2) is 0 Å². The zero-order chi connectivity index (χ0) is 16.4. The first-order valence-electron chi connectivity index (χ1n) is 7.89. The second-order valence-corrected chi connectivity index (χ2v) is 6.17. The Morgan fingerprint density at radius 3 is 2.65 bits per heavy atom. The molecular formula is C17H21N3O3. The molecule has 2 atom stereocenters. The number of aromatic nitrogens is 2. The van der Waals surface area contributed by atoms with Crippen molar-refractivity contribution in [2.24, 2.45) is 5.92 Å². The number of nitrogens with zero attached hydrogens (tertiary/aromatic N) is 3. The van der Waals surface area contributed by atoms with Crippen LogP contribution in [-0.2, 0) is 0 Å². The number of rotatable bonds is 4. The van der Waals surface area contributed by atoms with Crippen LogP contribution in [0.4, 0.5) is 0 Å². The number of aliphatic hydroxyl groups excluding tert-OH is 1. The van der Waals surface area contributed by atoms with Crippen molar-refractivity contribution in [3.05, 3.63) is 35.7 Å². The molecule has 1 fully saturated rings. The fraction of sp³-hybridized carbons (Fsp3) is 0.471. The Kier molecular flexibility index (Phi) is 4.43. The third-order valence-corrected chi connectivity index (χ3v) is 4.38. The first-order chi connectivity index (χ1) is 11.0. The van der Waals surface area contributed by atoms with Gasteiger partial charge in [0, 0.05) is 30.6 Å². The molecule has 0 radical (unpaired) electrons. The minimum Gasteiger partial charge on any atom is -0.393 e. The van der Waals surface area contributed by atoms with E-state index in [1.807, 2.05) is 0 Å². The van der Waals surface area contributed by atoms with Gasteiger partial charge >= 0.3 is 0 Å². The van der Waals surface area contributed by atoms with Gasteiger partial charge in [0.1, 0.15) is 0 Å². The molecule has 1 saturated carbocycles. The predicted molar refractivity (Wildman–Crippen MR) is 84.8 cm³/mol. The Morgan fingerprint density at radius 2 is 2.09 bits per heavy atom. The summed E-state index contributed by atoms with van der Waals surface area (Å²) in [7, 11) is 1.78. The maximum absolute atomic E-state index is 12.5. The lowest BCUT2D eigenvalue weighted by Gasteiger charge is -2.23. The molecule has 1 aliphatic rings. The molecule has 2 aromatic rings. The first-order valence-corrected chi connectivity index (χ1v) is 7.89. The summed E-state index contributed by atoms with van der Waals surface area (Å²) in [6.07, 6.45) is 2.57. The number of aryl methyl sites for hydroxylation is 1. The molecule has 6 heteroatoms. The Labute approximate surface area is 135 Å². The maximum atomic E-state index is 12.5. The van der Waals surface area contributed by atoms with Crippen LogP contribution in [0, 0.1) is 12.8 Å². The smallest absolute Gasteiger partial charge is 0.257 e. The minimum atomic E-state index is -0.284. The molecule has 1 heterocycles. The van der Waals surface area contributed by atoms with E-state index in [2.05, 4.69) is 10.1 Å². The molecule has 0 spiro atoms.